The van der Waals surface area contributed by atoms with Gasteiger partial charge in [-0.2, -0.15) is 0 Å². The van der Waals surface area contributed by atoms with Crippen LogP contribution in [-0.2, 0) is 0 Å². The summed E-state index contributed by atoms with van der Waals surface area (Å²) in [5.74, 6) is 1.30. The number of carbonyl (C=O) groups is 1. The lowest BCUT2D eigenvalue weighted by Gasteiger charge is -2.22. The van der Waals surface area contributed by atoms with Gasteiger partial charge in [-0.25, -0.2) is 9.97 Å². The monoisotopic (exact) mass is 546 g/mol. The maximum Gasteiger partial charge on any atom is 0.260 e. The number of anilines is 1. The quantitative estimate of drug-likeness (QED) is 0.240. The molecule has 0 saturated heterocycles. The van der Waals surface area contributed by atoms with Crippen LogP contribution in [0.15, 0.2) is 72.8 Å². The highest BCUT2D eigenvalue weighted by molar-refractivity contribution is 7.22. The number of hydrogen-bond acceptors (Lipinski definition) is 7. The molecule has 7 nitrogen and oxygen atoms in total. The van der Waals surface area contributed by atoms with Gasteiger partial charge in [0.1, 0.15) is 0 Å². The van der Waals surface area contributed by atoms with E-state index in [2.05, 4.69) is 4.90 Å². The van der Waals surface area contributed by atoms with Gasteiger partial charge in [0.25, 0.3) is 5.91 Å². The number of rotatable bonds is 7. The predicted molar refractivity (Wildman–Crippen MR) is 155 cm³/mol. The topological polar surface area (TPSA) is 67.8 Å². The number of thiazole rings is 1. The van der Waals surface area contributed by atoms with E-state index in [1.54, 1.807) is 4.90 Å². The predicted octanol–water partition coefficient (Wildman–Crippen LogP) is 6.26. The van der Waals surface area contributed by atoms with Crippen molar-refractivity contribution in [2.75, 3.05) is 38.9 Å². The number of halogens is 1. The number of ether oxygens (including phenoxy) is 2. The molecule has 1 amide bonds. The highest BCUT2D eigenvalue weighted by Crippen LogP contribution is 2.40. The standard InChI is InChI=1S/C29H26N4O3S.ClH/c1-32(2)13-8-14-33(29-31-24-16-25-26(36-18-35-25)17-27(24)37-29)28(34)21-15-23(19-9-4-3-5-10-19)30-22-12-7-6-11-20(21)22;/h3-7,9-12,15-17H,8,13-14,18H2,1-2H3;1H. The number of aromatic nitrogens is 2. The molecule has 9 heteroatoms. The third kappa shape index (κ3) is 5.03. The van der Waals surface area contributed by atoms with E-state index in [4.69, 9.17) is 19.4 Å². The average molecular weight is 547 g/mol. The van der Waals surface area contributed by atoms with Crippen molar-refractivity contribution in [3.8, 4) is 22.8 Å². The zero-order valence-electron chi connectivity index (χ0n) is 21.1. The van der Waals surface area contributed by atoms with Crippen LogP contribution in [0.1, 0.15) is 16.8 Å². The summed E-state index contributed by atoms with van der Waals surface area (Å²) in [6.45, 7) is 1.62. The molecule has 0 fully saturated rings. The minimum absolute atomic E-state index is 0. The Bertz CT molecular complexity index is 1570. The molecule has 1 aliphatic rings. The first-order valence-electron chi connectivity index (χ1n) is 12.2. The molecule has 0 atom stereocenters. The van der Waals surface area contributed by atoms with Crippen molar-refractivity contribution in [1.82, 2.24) is 14.9 Å². The fourth-order valence-corrected chi connectivity index (χ4v) is 5.51. The summed E-state index contributed by atoms with van der Waals surface area (Å²) in [5.41, 5.74) is 3.93. The summed E-state index contributed by atoms with van der Waals surface area (Å²) in [7, 11) is 4.07. The highest BCUT2D eigenvalue weighted by Gasteiger charge is 2.25. The first kappa shape index (κ1) is 25.9. The lowest BCUT2D eigenvalue weighted by Crippen LogP contribution is -2.33. The molecular formula is C29H27ClN4O3S. The van der Waals surface area contributed by atoms with Crippen LogP contribution >= 0.6 is 23.7 Å². The van der Waals surface area contributed by atoms with E-state index in [-0.39, 0.29) is 25.1 Å². The molecule has 0 saturated carbocycles. The average Bonchev–Trinajstić information content (AvgIpc) is 3.55. The van der Waals surface area contributed by atoms with Crippen molar-refractivity contribution in [2.24, 2.45) is 0 Å². The van der Waals surface area contributed by atoms with E-state index in [0.717, 1.165) is 45.3 Å². The van der Waals surface area contributed by atoms with Crippen molar-refractivity contribution in [3.63, 3.8) is 0 Å². The van der Waals surface area contributed by atoms with Crippen LogP contribution in [0.2, 0.25) is 0 Å². The molecule has 3 aromatic carbocycles. The Labute approximate surface area is 231 Å². The first-order chi connectivity index (χ1) is 18.1. The number of carbonyl (C=O) groups excluding carboxylic acids is 1. The number of amides is 1. The second kappa shape index (κ2) is 10.9. The minimum atomic E-state index is -0.0892. The van der Waals surface area contributed by atoms with E-state index in [0.29, 0.717) is 28.7 Å². The van der Waals surface area contributed by atoms with Crippen LogP contribution in [0.5, 0.6) is 11.5 Å². The van der Waals surface area contributed by atoms with Gasteiger partial charge < -0.3 is 14.4 Å². The second-order valence-corrected chi connectivity index (χ2v) is 10.2. The number of para-hydroxylation sites is 1. The zero-order valence-corrected chi connectivity index (χ0v) is 22.7. The maximum absolute atomic E-state index is 14.3. The van der Waals surface area contributed by atoms with E-state index in [1.165, 1.54) is 11.3 Å². The van der Waals surface area contributed by atoms with Crippen LogP contribution in [0, 0.1) is 0 Å². The molecule has 0 aliphatic carbocycles. The number of hydrogen-bond donors (Lipinski definition) is 0. The fourth-order valence-electron chi connectivity index (χ4n) is 4.51. The van der Waals surface area contributed by atoms with Gasteiger partial charge in [-0.1, -0.05) is 59.9 Å². The molecule has 2 aromatic heterocycles. The van der Waals surface area contributed by atoms with E-state index in [1.807, 2.05) is 86.9 Å². The Balaban J connectivity index is 0.00000294. The molecule has 0 N–H and O–H groups in total. The Morgan fingerprint density at radius 3 is 2.42 bits per heavy atom. The third-order valence-electron chi connectivity index (χ3n) is 6.35. The van der Waals surface area contributed by atoms with Crippen LogP contribution in [0.3, 0.4) is 0 Å². The number of pyridine rings is 1. The van der Waals surface area contributed by atoms with E-state index < -0.39 is 0 Å². The van der Waals surface area contributed by atoms with Crippen LogP contribution < -0.4 is 14.4 Å². The van der Waals surface area contributed by atoms with Gasteiger partial charge in [-0.05, 0) is 39.2 Å². The summed E-state index contributed by atoms with van der Waals surface area (Å²) in [6.07, 6.45) is 0.811. The van der Waals surface area contributed by atoms with E-state index >= 15 is 0 Å². The van der Waals surface area contributed by atoms with Crippen LogP contribution in [0.4, 0.5) is 5.13 Å². The molecule has 0 radical (unpaired) electrons. The third-order valence-corrected chi connectivity index (χ3v) is 7.39. The molecule has 5 aromatic rings. The van der Waals surface area contributed by atoms with Crippen molar-refractivity contribution in [1.29, 1.82) is 0 Å². The van der Waals surface area contributed by atoms with Gasteiger partial charge in [-0.3, -0.25) is 9.69 Å². The molecule has 3 heterocycles. The summed E-state index contributed by atoms with van der Waals surface area (Å²) < 4.78 is 12.0. The molecule has 1 aliphatic heterocycles. The van der Waals surface area contributed by atoms with Crippen molar-refractivity contribution in [2.45, 2.75) is 6.42 Å². The van der Waals surface area contributed by atoms with E-state index in [9.17, 15) is 4.79 Å². The lowest BCUT2D eigenvalue weighted by atomic mass is 10.0. The first-order valence-corrected chi connectivity index (χ1v) is 13.0. The van der Waals surface area contributed by atoms with Gasteiger partial charge in [0.15, 0.2) is 16.6 Å². The van der Waals surface area contributed by atoms with Crippen LogP contribution in [0.25, 0.3) is 32.4 Å². The largest absolute Gasteiger partial charge is 0.454 e. The SMILES string of the molecule is CN(C)CCCN(C(=O)c1cc(-c2ccccc2)nc2ccccc12)c1nc2cc3c(cc2s1)OCO3.Cl. The molecule has 0 bridgehead atoms. The molecule has 194 valence electrons. The summed E-state index contributed by atoms with van der Waals surface area (Å²) in [6, 6.07) is 23.5. The number of benzene rings is 3. The number of nitrogens with zero attached hydrogens (tertiary/aromatic N) is 4. The fraction of sp³-hybridized carbons (Fsp3) is 0.207. The van der Waals surface area contributed by atoms with Gasteiger partial charge >= 0.3 is 0 Å². The maximum atomic E-state index is 14.3. The Hall–Kier alpha value is -3.72. The Kier molecular flexibility index (Phi) is 7.46. The van der Waals surface area contributed by atoms with Crippen molar-refractivity contribution in [3.05, 3.63) is 78.4 Å². The second-order valence-electron chi connectivity index (χ2n) is 9.22. The molecule has 0 spiro atoms. The van der Waals surface area contributed by atoms with Gasteiger partial charge in [-0.15, -0.1) is 12.4 Å². The molecule has 38 heavy (non-hydrogen) atoms. The number of fused-ring (bicyclic) bond motifs is 3. The smallest absolute Gasteiger partial charge is 0.260 e. The summed E-state index contributed by atoms with van der Waals surface area (Å²) in [5, 5.41) is 1.48. The lowest BCUT2D eigenvalue weighted by molar-refractivity contribution is 0.0987. The van der Waals surface area contributed by atoms with Crippen LogP contribution in [-0.4, -0.2) is 54.8 Å². The molecular weight excluding hydrogens is 520 g/mol. The minimum Gasteiger partial charge on any atom is -0.454 e. The zero-order chi connectivity index (χ0) is 25.4. The summed E-state index contributed by atoms with van der Waals surface area (Å²) >= 11 is 1.49. The van der Waals surface area contributed by atoms with Gasteiger partial charge in [0.05, 0.1) is 27.0 Å². The van der Waals surface area contributed by atoms with Gasteiger partial charge in [0, 0.05) is 29.6 Å². The molecule has 6 rings (SSSR count). The normalized spacial score (nSPS) is 12.2. The molecule has 0 unspecified atom stereocenters. The Morgan fingerprint density at radius 1 is 0.895 bits per heavy atom. The summed E-state index contributed by atoms with van der Waals surface area (Å²) in [4.78, 5) is 27.9. The highest BCUT2D eigenvalue weighted by atomic mass is 35.5. The van der Waals surface area contributed by atoms with Crippen molar-refractivity contribution < 1.29 is 14.3 Å². The Morgan fingerprint density at radius 2 is 1.63 bits per heavy atom. The van der Waals surface area contributed by atoms with Gasteiger partial charge in [0.2, 0.25) is 6.79 Å². The van der Waals surface area contributed by atoms with Crippen molar-refractivity contribution >= 4 is 55.9 Å².